The number of hydrogen-bond donors (Lipinski definition) is 0. The van der Waals surface area contributed by atoms with Gasteiger partial charge >= 0.3 is 0 Å². The molecule has 0 bridgehead atoms. The molecule has 0 fully saturated rings. The molecular weight excluding hydrogens is 136 g/mol. The average molecular weight is 146 g/mol. The van der Waals surface area contributed by atoms with Crippen molar-refractivity contribution in [2.75, 3.05) is 0 Å². The Balaban J connectivity index is 3.18. The predicted octanol–water partition coefficient (Wildman–Crippen LogP) is 2.55. The maximum atomic E-state index is 4.85. The van der Waals surface area contributed by atoms with Gasteiger partial charge in [-0.25, -0.2) is 0 Å². The van der Waals surface area contributed by atoms with Gasteiger partial charge in [0.2, 0.25) is 0 Å². The van der Waals surface area contributed by atoms with E-state index in [0.29, 0.717) is 0 Å². The predicted molar refractivity (Wildman–Crippen MR) is 45.8 cm³/mol. The summed E-state index contributed by atoms with van der Waals surface area (Å²) >= 11 is 9.71. The van der Waals surface area contributed by atoms with Crippen LogP contribution in [0.5, 0.6) is 0 Å². The van der Waals surface area contributed by atoms with Crippen molar-refractivity contribution >= 4 is 34.2 Å². The van der Waals surface area contributed by atoms with E-state index in [2.05, 4.69) is 0 Å². The van der Waals surface area contributed by atoms with E-state index >= 15 is 0 Å². The minimum Gasteiger partial charge on any atom is -0.0900 e. The van der Waals surface area contributed by atoms with E-state index in [1.807, 2.05) is 13.8 Å². The highest BCUT2D eigenvalue weighted by molar-refractivity contribution is 7.80. The Hall–Kier alpha value is 0.180. The fourth-order valence-electron chi connectivity index (χ4n) is 0.352. The quantitative estimate of drug-likeness (QED) is 0.561. The first kappa shape index (κ1) is 8.18. The summed E-state index contributed by atoms with van der Waals surface area (Å²) in [6, 6.07) is 0. The first-order chi connectivity index (χ1) is 3.63. The standard InChI is InChI=1S/C6H10S2/c1-5(7)3-4-6(2)8/h3-4H2,1-2H3. The molecule has 0 aromatic rings. The van der Waals surface area contributed by atoms with E-state index < -0.39 is 0 Å². The Kier molecular flexibility index (Phi) is 4.19. The molecule has 8 heavy (non-hydrogen) atoms. The SMILES string of the molecule is CC(=S)CCC(C)=S. The van der Waals surface area contributed by atoms with Crippen LogP contribution in [0, 0.1) is 0 Å². The van der Waals surface area contributed by atoms with Crippen LogP contribution in [0.1, 0.15) is 26.7 Å². The van der Waals surface area contributed by atoms with Gasteiger partial charge in [-0.2, -0.15) is 0 Å². The third-order valence-electron chi connectivity index (χ3n) is 0.829. The molecule has 2 heteroatoms. The molecular formula is C6H10S2. The number of hydrogen-bond acceptors (Lipinski definition) is 2. The molecule has 0 nitrogen and oxygen atoms in total. The topological polar surface area (TPSA) is 0 Å². The third kappa shape index (κ3) is 6.18. The maximum absolute atomic E-state index is 4.85. The Labute approximate surface area is 61.3 Å². The van der Waals surface area contributed by atoms with E-state index in [1.165, 1.54) is 0 Å². The molecule has 0 aliphatic carbocycles. The zero-order valence-electron chi connectivity index (χ0n) is 5.23. The highest BCUT2D eigenvalue weighted by atomic mass is 32.1. The van der Waals surface area contributed by atoms with E-state index in [0.717, 1.165) is 22.6 Å². The van der Waals surface area contributed by atoms with Crippen molar-refractivity contribution in [1.29, 1.82) is 0 Å². The molecule has 0 saturated heterocycles. The van der Waals surface area contributed by atoms with Gasteiger partial charge in [0.05, 0.1) is 0 Å². The summed E-state index contributed by atoms with van der Waals surface area (Å²) in [5, 5.41) is 0. The molecule has 0 aromatic heterocycles. The molecule has 0 aliphatic rings. The number of rotatable bonds is 3. The van der Waals surface area contributed by atoms with E-state index in [1.54, 1.807) is 0 Å². The van der Waals surface area contributed by atoms with Crippen LogP contribution in [-0.4, -0.2) is 9.73 Å². The van der Waals surface area contributed by atoms with Crippen molar-refractivity contribution in [3.05, 3.63) is 0 Å². The van der Waals surface area contributed by atoms with Crippen LogP contribution in [0.3, 0.4) is 0 Å². The van der Waals surface area contributed by atoms with Crippen LogP contribution in [0.4, 0.5) is 0 Å². The molecule has 0 aliphatic heterocycles. The van der Waals surface area contributed by atoms with Gasteiger partial charge in [0, 0.05) is 0 Å². The first-order valence-electron chi connectivity index (χ1n) is 2.62. The summed E-state index contributed by atoms with van der Waals surface area (Å²) in [6.45, 7) is 3.90. The van der Waals surface area contributed by atoms with Crippen molar-refractivity contribution in [3.8, 4) is 0 Å². The van der Waals surface area contributed by atoms with E-state index in [9.17, 15) is 0 Å². The van der Waals surface area contributed by atoms with Crippen molar-refractivity contribution < 1.29 is 0 Å². The lowest BCUT2D eigenvalue weighted by Crippen LogP contribution is -1.91. The minimum atomic E-state index is 0.977. The maximum Gasteiger partial charge on any atom is -0.00990 e. The monoisotopic (exact) mass is 146 g/mol. The van der Waals surface area contributed by atoms with Gasteiger partial charge in [0.1, 0.15) is 0 Å². The van der Waals surface area contributed by atoms with Crippen LogP contribution in [-0.2, 0) is 0 Å². The number of thiocarbonyl (C=S) groups is 2. The molecule has 46 valence electrons. The summed E-state index contributed by atoms with van der Waals surface area (Å²) in [5.74, 6) is 0. The summed E-state index contributed by atoms with van der Waals surface area (Å²) < 4.78 is 0. The van der Waals surface area contributed by atoms with Crippen molar-refractivity contribution in [2.45, 2.75) is 26.7 Å². The Morgan fingerprint density at radius 2 is 1.25 bits per heavy atom. The zero-order valence-corrected chi connectivity index (χ0v) is 6.86. The molecule has 0 rings (SSSR count). The largest absolute Gasteiger partial charge is 0.0900 e. The second kappa shape index (κ2) is 4.10. The smallest absolute Gasteiger partial charge is 0.00990 e. The molecule has 0 N–H and O–H groups in total. The second-order valence-electron chi connectivity index (χ2n) is 1.90. The van der Waals surface area contributed by atoms with Crippen molar-refractivity contribution in [3.63, 3.8) is 0 Å². The molecule has 0 spiro atoms. The fourth-order valence-corrected chi connectivity index (χ4v) is 0.556. The molecule has 0 radical (unpaired) electrons. The summed E-state index contributed by atoms with van der Waals surface area (Å²) in [7, 11) is 0. The highest BCUT2D eigenvalue weighted by Crippen LogP contribution is 1.94. The van der Waals surface area contributed by atoms with Crippen LogP contribution >= 0.6 is 24.4 Å². The van der Waals surface area contributed by atoms with Crippen LogP contribution in [0.2, 0.25) is 0 Å². The van der Waals surface area contributed by atoms with E-state index in [-0.39, 0.29) is 0 Å². The van der Waals surface area contributed by atoms with Gasteiger partial charge in [-0.3, -0.25) is 0 Å². The van der Waals surface area contributed by atoms with Gasteiger partial charge in [-0.15, -0.1) is 0 Å². The van der Waals surface area contributed by atoms with Crippen molar-refractivity contribution in [2.24, 2.45) is 0 Å². The van der Waals surface area contributed by atoms with Gasteiger partial charge < -0.3 is 0 Å². The van der Waals surface area contributed by atoms with Crippen LogP contribution < -0.4 is 0 Å². The normalized spacial score (nSPS) is 8.75. The van der Waals surface area contributed by atoms with Crippen LogP contribution in [0.25, 0.3) is 0 Å². The third-order valence-corrected chi connectivity index (χ3v) is 1.24. The molecule has 0 aromatic carbocycles. The molecule has 0 saturated carbocycles. The summed E-state index contributed by atoms with van der Waals surface area (Å²) in [5.41, 5.74) is 0. The lowest BCUT2D eigenvalue weighted by Gasteiger charge is -1.92. The molecule has 0 amide bonds. The Morgan fingerprint density at radius 1 is 1.00 bits per heavy atom. The summed E-state index contributed by atoms with van der Waals surface area (Å²) in [4.78, 5) is 2.10. The lowest BCUT2D eigenvalue weighted by molar-refractivity contribution is 1.17. The van der Waals surface area contributed by atoms with Gasteiger partial charge in [0.25, 0.3) is 0 Å². The fraction of sp³-hybridized carbons (Fsp3) is 0.667. The molecule has 0 unspecified atom stereocenters. The molecule has 0 heterocycles. The van der Waals surface area contributed by atoms with Gasteiger partial charge in [0.15, 0.2) is 0 Å². The Morgan fingerprint density at radius 3 is 1.38 bits per heavy atom. The van der Waals surface area contributed by atoms with E-state index in [4.69, 9.17) is 24.4 Å². The lowest BCUT2D eigenvalue weighted by atomic mass is 10.2. The van der Waals surface area contributed by atoms with Crippen molar-refractivity contribution in [1.82, 2.24) is 0 Å². The van der Waals surface area contributed by atoms with Crippen LogP contribution in [0.15, 0.2) is 0 Å². The minimum absolute atomic E-state index is 0.977. The van der Waals surface area contributed by atoms with Gasteiger partial charge in [-0.1, -0.05) is 24.4 Å². The molecule has 0 atom stereocenters. The first-order valence-corrected chi connectivity index (χ1v) is 3.43. The highest BCUT2D eigenvalue weighted by Gasteiger charge is 1.88. The zero-order chi connectivity index (χ0) is 6.57. The average Bonchev–Trinajstić information content (AvgIpc) is 1.61. The van der Waals surface area contributed by atoms with Gasteiger partial charge in [-0.05, 0) is 36.4 Å². The Bertz CT molecular complexity index is 91.1. The summed E-state index contributed by atoms with van der Waals surface area (Å²) in [6.07, 6.45) is 1.95. The second-order valence-corrected chi connectivity index (χ2v) is 3.30.